The maximum atomic E-state index is 13.4. The van der Waals surface area contributed by atoms with E-state index in [0.717, 1.165) is 80.4 Å². The van der Waals surface area contributed by atoms with Crippen LogP contribution in [0.5, 0.6) is 0 Å². The van der Waals surface area contributed by atoms with Gasteiger partial charge in [-0.05, 0) is 114 Å². The Morgan fingerprint density at radius 3 is 1.76 bits per heavy atom. The van der Waals surface area contributed by atoms with Gasteiger partial charge < -0.3 is 16.0 Å². The van der Waals surface area contributed by atoms with Gasteiger partial charge in [-0.3, -0.25) is 34.9 Å². The highest BCUT2D eigenvalue weighted by atomic mass is 35.5. The Kier molecular flexibility index (Phi) is 14.1. The lowest BCUT2D eigenvalue weighted by atomic mass is 10.1. The monoisotopic (exact) mass is 851 g/mol. The number of rotatable bonds is 12. The highest BCUT2D eigenvalue weighted by Crippen LogP contribution is 2.29. The first-order valence-electron chi connectivity index (χ1n) is 20.4. The number of benzene rings is 2. The van der Waals surface area contributed by atoms with Crippen LogP contribution in [0.15, 0.2) is 178 Å². The molecule has 13 heteroatoms. The predicted octanol–water partition coefficient (Wildman–Crippen LogP) is 11.2. The Labute approximate surface area is 370 Å². The van der Waals surface area contributed by atoms with Gasteiger partial charge in [0.1, 0.15) is 11.6 Å². The summed E-state index contributed by atoms with van der Waals surface area (Å²) in [5.74, 6) is 1.06. The smallest absolute Gasteiger partial charge is 0.145 e. The second kappa shape index (κ2) is 21.2. The Balaban J connectivity index is 0.000000132. The van der Waals surface area contributed by atoms with E-state index in [1.807, 2.05) is 73.4 Å². The molecule has 63 heavy (non-hydrogen) atoms. The third-order valence-electron chi connectivity index (χ3n) is 10.0. The molecular formula is C50H43ClFN11. The second-order valence-corrected chi connectivity index (χ2v) is 15.1. The Morgan fingerprint density at radius 1 is 0.524 bits per heavy atom. The molecule has 11 nitrogen and oxygen atoms in total. The van der Waals surface area contributed by atoms with E-state index in [4.69, 9.17) is 11.6 Å². The van der Waals surface area contributed by atoms with Gasteiger partial charge in [-0.2, -0.15) is 0 Å². The molecule has 7 heterocycles. The van der Waals surface area contributed by atoms with Crippen molar-refractivity contribution in [3.8, 4) is 33.5 Å². The summed E-state index contributed by atoms with van der Waals surface area (Å²) in [5, 5.41) is 11.3. The summed E-state index contributed by atoms with van der Waals surface area (Å²) in [5.41, 5.74) is 11.2. The maximum Gasteiger partial charge on any atom is 0.145 e. The minimum Gasteiger partial charge on any atom is -0.384 e. The van der Waals surface area contributed by atoms with E-state index in [0.29, 0.717) is 12.4 Å². The van der Waals surface area contributed by atoms with Crippen LogP contribution in [0.25, 0.3) is 44.4 Å². The average molecular weight is 852 g/mol. The molecule has 1 saturated carbocycles. The van der Waals surface area contributed by atoms with Crippen LogP contribution < -0.4 is 16.0 Å². The number of nitrogens with one attached hydrogen (secondary N) is 3. The molecule has 7 aromatic heterocycles. The molecule has 0 spiro atoms. The van der Waals surface area contributed by atoms with E-state index in [2.05, 4.69) is 92.2 Å². The topological polar surface area (TPSA) is 139 Å². The van der Waals surface area contributed by atoms with Crippen molar-refractivity contribution < 1.29 is 4.39 Å². The molecule has 10 rings (SSSR count). The normalized spacial score (nSPS) is 11.7. The third-order valence-corrected chi connectivity index (χ3v) is 10.3. The highest BCUT2D eigenvalue weighted by molar-refractivity contribution is 6.30. The summed E-state index contributed by atoms with van der Waals surface area (Å²) in [6.45, 7) is 2.23. The van der Waals surface area contributed by atoms with Crippen LogP contribution in [-0.2, 0) is 13.1 Å². The van der Waals surface area contributed by atoms with E-state index < -0.39 is 5.82 Å². The lowest BCUT2D eigenvalue weighted by Crippen LogP contribution is -2.03. The van der Waals surface area contributed by atoms with Crippen LogP contribution in [-0.4, -0.2) is 46.4 Å². The zero-order valence-electron chi connectivity index (χ0n) is 34.2. The van der Waals surface area contributed by atoms with Gasteiger partial charge in [0.15, 0.2) is 0 Å². The lowest BCUT2D eigenvalue weighted by Gasteiger charge is -2.09. The second-order valence-electron chi connectivity index (χ2n) is 14.7. The number of halogens is 2. The fourth-order valence-electron chi connectivity index (χ4n) is 6.44. The summed E-state index contributed by atoms with van der Waals surface area (Å²) in [6, 6.07) is 31.0. The van der Waals surface area contributed by atoms with Crippen molar-refractivity contribution in [1.82, 2.24) is 39.9 Å². The van der Waals surface area contributed by atoms with Gasteiger partial charge in [-0.15, -0.1) is 0 Å². The molecule has 0 atom stereocenters. The fourth-order valence-corrected chi connectivity index (χ4v) is 6.56. The number of hydrogen-bond donors (Lipinski definition) is 3. The van der Waals surface area contributed by atoms with Gasteiger partial charge in [0, 0.05) is 110 Å². The first kappa shape index (κ1) is 42.0. The van der Waals surface area contributed by atoms with Crippen LogP contribution in [0.3, 0.4) is 0 Å². The standard InChI is InChI=1S/C20H16N4.C16H12ClFN4.C14H15N3/c1-2-17-4-3-15(10-20(17)23-7-1)12-24-19-11-18(13-22-14-19)16-5-8-21-9-6-16;17-13-2-1-11(7-14(13)18)8-21-16-10-20-9-15(22-16)12-3-5-19-6-4-12;1-2-11(1)8-17-14-7-13(9-16-10-14)12-3-5-15-6-4-12/h1-11,13-14,24H,12H2;1-7,9-10H,8H2,(H,21,22);3-7,9-11,17H,1-2,8H2. The lowest BCUT2D eigenvalue weighted by molar-refractivity contribution is 0.626. The molecule has 0 saturated heterocycles. The summed E-state index contributed by atoms with van der Waals surface area (Å²) in [4.78, 5) is 33.7. The molecule has 0 unspecified atom stereocenters. The van der Waals surface area contributed by atoms with Crippen molar-refractivity contribution in [3.63, 3.8) is 0 Å². The number of fused-ring (bicyclic) bond motifs is 1. The van der Waals surface area contributed by atoms with Gasteiger partial charge in [-0.1, -0.05) is 35.9 Å². The van der Waals surface area contributed by atoms with Crippen LogP contribution in [0.4, 0.5) is 21.6 Å². The average Bonchev–Trinajstić information content (AvgIpc) is 4.19. The number of nitrogens with zero attached hydrogens (tertiary/aromatic N) is 8. The third kappa shape index (κ3) is 12.4. The van der Waals surface area contributed by atoms with Gasteiger partial charge in [0.05, 0.1) is 40.0 Å². The number of hydrogen-bond acceptors (Lipinski definition) is 11. The first-order valence-corrected chi connectivity index (χ1v) is 20.8. The SMILES string of the molecule is Fc1cc(CNc2cncc(-c3ccncc3)n2)ccc1Cl.c1cc(-c2cncc(NCC3CC3)c2)ccn1.c1cnc2cc(CNc3cncc(-c4ccncc4)c3)ccc2c1. The van der Waals surface area contributed by atoms with Crippen LogP contribution in [0.2, 0.25) is 5.02 Å². The molecule has 3 N–H and O–H groups in total. The number of aromatic nitrogens is 8. The minimum absolute atomic E-state index is 0.114. The zero-order valence-corrected chi connectivity index (χ0v) is 34.9. The molecule has 1 aliphatic carbocycles. The van der Waals surface area contributed by atoms with Crippen LogP contribution >= 0.6 is 11.6 Å². The molecule has 0 radical (unpaired) electrons. The van der Waals surface area contributed by atoms with Gasteiger partial charge in [0.2, 0.25) is 0 Å². The van der Waals surface area contributed by atoms with Gasteiger partial charge in [-0.25, -0.2) is 9.37 Å². The predicted molar refractivity (Wildman–Crippen MR) is 249 cm³/mol. The molecule has 1 fully saturated rings. The Bertz CT molecular complexity index is 2850. The van der Waals surface area contributed by atoms with Crippen molar-refractivity contribution in [2.24, 2.45) is 5.92 Å². The molecule has 0 aliphatic heterocycles. The molecule has 2 aromatic carbocycles. The van der Waals surface area contributed by atoms with Gasteiger partial charge in [0.25, 0.3) is 0 Å². The quantitative estimate of drug-likeness (QED) is 0.108. The summed E-state index contributed by atoms with van der Waals surface area (Å²) in [6.07, 6.45) is 25.9. The number of anilines is 3. The van der Waals surface area contributed by atoms with Crippen molar-refractivity contribution in [2.75, 3.05) is 22.5 Å². The van der Waals surface area contributed by atoms with E-state index in [1.54, 1.807) is 55.6 Å². The van der Waals surface area contributed by atoms with Crippen molar-refractivity contribution in [2.45, 2.75) is 25.9 Å². The highest BCUT2D eigenvalue weighted by Gasteiger charge is 2.20. The van der Waals surface area contributed by atoms with E-state index in [9.17, 15) is 4.39 Å². The minimum atomic E-state index is -0.433. The first-order chi connectivity index (χ1) is 31.0. The largest absolute Gasteiger partial charge is 0.384 e. The van der Waals surface area contributed by atoms with Crippen LogP contribution in [0.1, 0.15) is 24.0 Å². The van der Waals surface area contributed by atoms with E-state index in [-0.39, 0.29) is 5.02 Å². The van der Waals surface area contributed by atoms with Crippen molar-refractivity contribution in [1.29, 1.82) is 0 Å². The molecule has 1 aliphatic rings. The van der Waals surface area contributed by atoms with Crippen molar-refractivity contribution in [3.05, 3.63) is 200 Å². The maximum absolute atomic E-state index is 13.4. The number of pyridine rings is 6. The molecule has 312 valence electrons. The molecule has 0 bridgehead atoms. The summed E-state index contributed by atoms with van der Waals surface area (Å²) >= 11 is 5.66. The molecule has 0 amide bonds. The molecular weight excluding hydrogens is 809 g/mol. The van der Waals surface area contributed by atoms with E-state index in [1.165, 1.54) is 30.5 Å². The Hall–Kier alpha value is -7.70. The zero-order chi connectivity index (χ0) is 43.1. The molecule has 9 aromatic rings. The van der Waals surface area contributed by atoms with E-state index >= 15 is 0 Å². The van der Waals surface area contributed by atoms with Crippen LogP contribution in [0, 0.1) is 11.7 Å². The summed E-state index contributed by atoms with van der Waals surface area (Å²) < 4.78 is 13.4. The van der Waals surface area contributed by atoms with Gasteiger partial charge >= 0.3 is 0 Å². The Morgan fingerprint density at radius 2 is 1.11 bits per heavy atom. The van der Waals surface area contributed by atoms with Crippen molar-refractivity contribution >= 4 is 39.7 Å². The fraction of sp³-hybridized carbons (Fsp3) is 0.120. The summed E-state index contributed by atoms with van der Waals surface area (Å²) in [7, 11) is 0.